The standard InChI is InChI=1S/C14H15BrN2O2/c1-18-11-6-5-10(13(8-11)19-2)9-17-12-4-3-7-16-14(12)15/h3-8,17H,9H2,1-2H3. The molecule has 1 heterocycles. The minimum Gasteiger partial charge on any atom is -0.497 e. The first-order valence-corrected chi connectivity index (χ1v) is 6.59. The Hall–Kier alpha value is -1.75. The Morgan fingerprint density at radius 2 is 2.05 bits per heavy atom. The molecule has 0 aliphatic heterocycles. The van der Waals surface area contributed by atoms with Crippen molar-refractivity contribution in [2.75, 3.05) is 19.5 Å². The first-order valence-electron chi connectivity index (χ1n) is 5.80. The van der Waals surface area contributed by atoms with Crippen molar-refractivity contribution in [3.8, 4) is 11.5 Å². The van der Waals surface area contributed by atoms with Gasteiger partial charge in [-0.25, -0.2) is 4.98 Å². The number of ether oxygens (including phenoxy) is 2. The average molecular weight is 323 g/mol. The molecule has 0 saturated carbocycles. The fraction of sp³-hybridized carbons (Fsp3) is 0.214. The van der Waals surface area contributed by atoms with Crippen LogP contribution in [0.25, 0.3) is 0 Å². The summed E-state index contributed by atoms with van der Waals surface area (Å²) in [5, 5.41) is 3.31. The van der Waals surface area contributed by atoms with Crippen molar-refractivity contribution in [2.45, 2.75) is 6.54 Å². The molecule has 0 spiro atoms. The van der Waals surface area contributed by atoms with Crippen LogP contribution < -0.4 is 14.8 Å². The van der Waals surface area contributed by atoms with Crippen molar-refractivity contribution in [3.05, 3.63) is 46.7 Å². The monoisotopic (exact) mass is 322 g/mol. The van der Waals surface area contributed by atoms with Gasteiger partial charge < -0.3 is 14.8 Å². The lowest BCUT2D eigenvalue weighted by atomic mass is 10.2. The van der Waals surface area contributed by atoms with Gasteiger partial charge in [-0.2, -0.15) is 0 Å². The third-order valence-electron chi connectivity index (χ3n) is 2.72. The summed E-state index contributed by atoms with van der Waals surface area (Å²) in [4.78, 5) is 4.16. The highest BCUT2D eigenvalue weighted by Crippen LogP contribution is 2.26. The van der Waals surface area contributed by atoms with E-state index in [1.54, 1.807) is 20.4 Å². The van der Waals surface area contributed by atoms with Gasteiger partial charge in [-0.05, 0) is 40.2 Å². The molecular weight excluding hydrogens is 308 g/mol. The maximum atomic E-state index is 5.36. The number of pyridine rings is 1. The van der Waals surface area contributed by atoms with E-state index in [0.29, 0.717) is 6.54 Å². The van der Waals surface area contributed by atoms with Crippen LogP contribution in [-0.4, -0.2) is 19.2 Å². The molecule has 2 aromatic rings. The molecule has 0 atom stereocenters. The maximum Gasteiger partial charge on any atom is 0.129 e. The van der Waals surface area contributed by atoms with E-state index in [4.69, 9.17) is 9.47 Å². The largest absolute Gasteiger partial charge is 0.497 e. The average Bonchev–Trinajstić information content (AvgIpc) is 2.46. The molecule has 1 aromatic heterocycles. The Labute approximate surface area is 120 Å². The molecule has 4 nitrogen and oxygen atoms in total. The summed E-state index contributed by atoms with van der Waals surface area (Å²) in [7, 11) is 3.29. The lowest BCUT2D eigenvalue weighted by Gasteiger charge is -2.12. The maximum absolute atomic E-state index is 5.36. The molecule has 5 heteroatoms. The normalized spacial score (nSPS) is 10.1. The summed E-state index contributed by atoms with van der Waals surface area (Å²) in [6, 6.07) is 9.62. The topological polar surface area (TPSA) is 43.4 Å². The molecule has 0 bridgehead atoms. The van der Waals surface area contributed by atoms with Crippen LogP contribution in [0.4, 0.5) is 5.69 Å². The van der Waals surface area contributed by atoms with Gasteiger partial charge >= 0.3 is 0 Å². The number of anilines is 1. The van der Waals surface area contributed by atoms with Crippen molar-refractivity contribution in [1.29, 1.82) is 0 Å². The fourth-order valence-electron chi connectivity index (χ4n) is 1.71. The molecule has 0 aliphatic rings. The molecular formula is C14H15BrN2O2. The predicted octanol–water partition coefficient (Wildman–Crippen LogP) is 3.47. The Morgan fingerprint density at radius 1 is 1.21 bits per heavy atom. The second kappa shape index (κ2) is 6.43. The Morgan fingerprint density at radius 3 is 2.74 bits per heavy atom. The summed E-state index contributed by atoms with van der Waals surface area (Å²) in [6.45, 7) is 0.650. The van der Waals surface area contributed by atoms with Gasteiger partial charge in [0.25, 0.3) is 0 Å². The van der Waals surface area contributed by atoms with Crippen LogP contribution in [0.3, 0.4) is 0 Å². The second-order valence-corrected chi connectivity index (χ2v) is 4.62. The molecule has 19 heavy (non-hydrogen) atoms. The molecule has 0 fully saturated rings. The zero-order valence-electron chi connectivity index (χ0n) is 10.8. The highest BCUT2D eigenvalue weighted by molar-refractivity contribution is 9.10. The molecule has 100 valence electrons. The van der Waals surface area contributed by atoms with Gasteiger partial charge in [0.05, 0.1) is 19.9 Å². The molecule has 0 aliphatic carbocycles. The van der Waals surface area contributed by atoms with Gasteiger partial charge in [-0.15, -0.1) is 0 Å². The van der Waals surface area contributed by atoms with E-state index in [2.05, 4.69) is 26.2 Å². The van der Waals surface area contributed by atoms with Crippen LogP contribution in [0, 0.1) is 0 Å². The Balaban J connectivity index is 2.13. The summed E-state index contributed by atoms with van der Waals surface area (Å²) < 4.78 is 11.3. The van der Waals surface area contributed by atoms with Crippen molar-refractivity contribution in [3.63, 3.8) is 0 Å². The van der Waals surface area contributed by atoms with E-state index in [1.807, 2.05) is 30.3 Å². The SMILES string of the molecule is COc1ccc(CNc2cccnc2Br)c(OC)c1. The zero-order chi connectivity index (χ0) is 13.7. The molecule has 0 radical (unpaired) electrons. The van der Waals surface area contributed by atoms with E-state index >= 15 is 0 Å². The number of hydrogen-bond acceptors (Lipinski definition) is 4. The van der Waals surface area contributed by atoms with Gasteiger partial charge in [0.15, 0.2) is 0 Å². The van der Waals surface area contributed by atoms with Crippen molar-refractivity contribution < 1.29 is 9.47 Å². The third kappa shape index (κ3) is 3.38. The number of hydrogen-bond donors (Lipinski definition) is 1. The first kappa shape index (κ1) is 13.7. The van der Waals surface area contributed by atoms with Crippen molar-refractivity contribution in [1.82, 2.24) is 4.98 Å². The summed E-state index contributed by atoms with van der Waals surface area (Å²) in [6.07, 6.45) is 1.74. The van der Waals surface area contributed by atoms with Gasteiger partial charge in [0, 0.05) is 24.4 Å². The Kier molecular flexibility index (Phi) is 4.63. The van der Waals surface area contributed by atoms with Gasteiger partial charge in [-0.1, -0.05) is 0 Å². The van der Waals surface area contributed by atoms with Gasteiger partial charge in [-0.3, -0.25) is 0 Å². The van der Waals surface area contributed by atoms with Crippen LogP contribution in [0.15, 0.2) is 41.1 Å². The number of nitrogens with one attached hydrogen (secondary N) is 1. The Bertz CT molecular complexity index is 561. The third-order valence-corrected chi connectivity index (χ3v) is 3.35. The number of nitrogens with zero attached hydrogens (tertiary/aromatic N) is 1. The molecule has 2 rings (SSSR count). The molecule has 0 saturated heterocycles. The fourth-order valence-corrected chi connectivity index (χ4v) is 2.10. The summed E-state index contributed by atoms with van der Waals surface area (Å²) >= 11 is 3.40. The lowest BCUT2D eigenvalue weighted by Crippen LogP contribution is -2.03. The number of benzene rings is 1. The van der Waals surface area contributed by atoms with Gasteiger partial charge in [0.1, 0.15) is 16.1 Å². The quantitative estimate of drug-likeness (QED) is 0.856. The van der Waals surface area contributed by atoms with Crippen LogP contribution in [0.2, 0.25) is 0 Å². The number of halogens is 1. The van der Waals surface area contributed by atoms with Crippen LogP contribution in [0.1, 0.15) is 5.56 Å². The number of methoxy groups -OCH3 is 2. The summed E-state index contributed by atoms with van der Waals surface area (Å²) in [5.41, 5.74) is 2.00. The predicted molar refractivity (Wildman–Crippen MR) is 78.8 cm³/mol. The van der Waals surface area contributed by atoms with E-state index in [0.717, 1.165) is 27.4 Å². The molecule has 0 unspecified atom stereocenters. The minimum absolute atomic E-state index is 0.650. The molecule has 1 N–H and O–H groups in total. The van der Waals surface area contributed by atoms with E-state index in [9.17, 15) is 0 Å². The highest BCUT2D eigenvalue weighted by Gasteiger charge is 2.06. The second-order valence-electron chi connectivity index (χ2n) is 3.87. The first-order chi connectivity index (χ1) is 9.24. The van der Waals surface area contributed by atoms with E-state index in [-0.39, 0.29) is 0 Å². The zero-order valence-corrected chi connectivity index (χ0v) is 12.4. The van der Waals surface area contributed by atoms with Gasteiger partial charge in [0.2, 0.25) is 0 Å². The number of rotatable bonds is 5. The lowest BCUT2D eigenvalue weighted by molar-refractivity contribution is 0.391. The van der Waals surface area contributed by atoms with E-state index in [1.165, 1.54) is 0 Å². The molecule has 0 amide bonds. The van der Waals surface area contributed by atoms with Crippen molar-refractivity contribution >= 4 is 21.6 Å². The number of aromatic nitrogens is 1. The van der Waals surface area contributed by atoms with Crippen LogP contribution >= 0.6 is 15.9 Å². The van der Waals surface area contributed by atoms with Crippen LogP contribution in [-0.2, 0) is 6.54 Å². The highest BCUT2D eigenvalue weighted by atomic mass is 79.9. The molecule has 1 aromatic carbocycles. The smallest absolute Gasteiger partial charge is 0.129 e. The minimum atomic E-state index is 0.650. The summed E-state index contributed by atoms with van der Waals surface area (Å²) in [5.74, 6) is 1.58. The van der Waals surface area contributed by atoms with E-state index < -0.39 is 0 Å². The van der Waals surface area contributed by atoms with Crippen molar-refractivity contribution in [2.24, 2.45) is 0 Å². The van der Waals surface area contributed by atoms with Crippen LogP contribution in [0.5, 0.6) is 11.5 Å².